The zero-order chi connectivity index (χ0) is 65.3. The molecule has 4 N–H and O–H groups in total. The summed E-state index contributed by atoms with van der Waals surface area (Å²) in [5.74, 6) is -1.61. The van der Waals surface area contributed by atoms with Crippen LogP contribution in [0.5, 0.6) is 0 Å². The zero-order valence-corrected chi connectivity index (χ0v) is 57.1. The van der Waals surface area contributed by atoms with Crippen LogP contribution in [0.15, 0.2) is 109 Å². The molecular formula is C71H122O16P2. The largest absolute Gasteiger partial charge is 0.472 e. The van der Waals surface area contributed by atoms with Crippen molar-refractivity contribution in [3.05, 3.63) is 109 Å². The summed E-state index contributed by atoms with van der Waals surface area (Å²) < 4.78 is 60.8. The fourth-order valence-electron chi connectivity index (χ4n) is 8.70. The van der Waals surface area contributed by atoms with E-state index in [1.807, 2.05) is 0 Å². The Morgan fingerprint density at radius 2 is 0.607 bits per heavy atom. The van der Waals surface area contributed by atoms with E-state index in [1.54, 1.807) is 0 Å². The lowest BCUT2D eigenvalue weighted by atomic mass is 10.1. The van der Waals surface area contributed by atoms with E-state index in [2.05, 4.69) is 130 Å². The molecule has 0 aromatic rings. The van der Waals surface area contributed by atoms with Crippen molar-refractivity contribution in [3.8, 4) is 0 Å². The highest BCUT2D eigenvalue weighted by atomic mass is 31.2. The van der Waals surface area contributed by atoms with Crippen molar-refractivity contribution in [2.45, 2.75) is 283 Å². The van der Waals surface area contributed by atoms with Crippen molar-refractivity contribution in [1.82, 2.24) is 0 Å². The van der Waals surface area contributed by atoms with Gasteiger partial charge in [0.2, 0.25) is 0 Å². The standard InChI is InChI=1S/C71H122O16P2/c1-4-7-10-13-16-19-22-24-26-28-30-31-32-33-35-37-38-40-43-45-48-51-54-57-69(74)81-60-66(72)61-83-88(77,78)84-62-67(73)63-85-89(79,80)86-65-68(87-71(76)59-56-53-50-47-42-21-18-15-12-9-6-3)64-82-70(75)58-55-52-49-46-44-41-39-36-34-29-27-25-23-20-17-14-11-8-5-2/h7,10,15-20,24-27,30-31,33-36,66-68,72-73H,4-6,8-9,11-14,21-23,28-29,32,37-65H2,1-3H3,(H,77,78)(H,79,80)/b10-7-,18-15-,19-16-,20-17-,26-24-,27-25-,31-30-,35-33-,36-34-. The number of ether oxygens (including phenoxy) is 3. The highest BCUT2D eigenvalue weighted by Crippen LogP contribution is 2.45. The first-order valence-corrected chi connectivity index (χ1v) is 37.2. The number of carbonyl (C=O) groups excluding carboxylic acids is 3. The molecule has 0 aromatic carbocycles. The quantitative estimate of drug-likeness (QED) is 0.0146. The number of hydrogen-bond acceptors (Lipinski definition) is 14. The summed E-state index contributed by atoms with van der Waals surface area (Å²) in [6.45, 7) is 2.44. The van der Waals surface area contributed by atoms with Crippen molar-refractivity contribution >= 4 is 33.6 Å². The molecule has 0 saturated carbocycles. The molecule has 0 aliphatic heterocycles. The summed E-state index contributed by atoms with van der Waals surface area (Å²) in [5.41, 5.74) is 0. The topological polar surface area (TPSA) is 231 Å². The molecule has 5 atom stereocenters. The Labute approximate surface area is 539 Å². The lowest BCUT2D eigenvalue weighted by molar-refractivity contribution is -0.161. The lowest BCUT2D eigenvalue weighted by Gasteiger charge is -2.21. The second kappa shape index (κ2) is 64.3. The summed E-state index contributed by atoms with van der Waals surface area (Å²) in [5, 5.41) is 20.5. The van der Waals surface area contributed by atoms with E-state index < -0.39 is 91.5 Å². The SMILES string of the molecule is CC/C=C\C/C=C\C/C=C\C/C=C\C/C=C\CCCCCCCCCC(=O)OCC(O)COP(=O)(O)OCC(O)COP(=O)(O)OCC(COC(=O)CCCCCCCC/C=C\C/C=C\C/C=C\CCCCC)OC(=O)CCCCCCC/C=C\CCCC. The Bertz CT molecular complexity index is 2060. The maximum absolute atomic E-state index is 12.9. The van der Waals surface area contributed by atoms with E-state index in [0.717, 1.165) is 173 Å². The maximum atomic E-state index is 12.9. The molecule has 0 aliphatic rings. The van der Waals surface area contributed by atoms with Gasteiger partial charge >= 0.3 is 33.6 Å². The van der Waals surface area contributed by atoms with Crippen LogP contribution in [0.25, 0.3) is 0 Å². The number of rotatable bonds is 64. The predicted molar refractivity (Wildman–Crippen MR) is 362 cm³/mol. The Balaban J connectivity index is 4.58. The van der Waals surface area contributed by atoms with Gasteiger partial charge in [-0.15, -0.1) is 0 Å². The third kappa shape index (κ3) is 65.5. The van der Waals surface area contributed by atoms with Crippen LogP contribution in [0.1, 0.15) is 265 Å². The van der Waals surface area contributed by atoms with Gasteiger partial charge < -0.3 is 34.2 Å². The molecule has 0 rings (SSSR count). The van der Waals surface area contributed by atoms with Crippen LogP contribution in [0, 0.1) is 0 Å². The highest BCUT2D eigenvalue weighted by Gasteiger charge is 2.29. The molecule has 5 unspecified atom stereocenters. The second-order valence-corrected chi connectivity index (χ2v) is 25.5. The van der Waals surface area contributed by atoms with Gasteiger partial charge in [-0.25, -0.2) is 9.13 Å². The summed E-state index contributed by atoms with van der Waals surface area (Å²) in [7, 11) is -9.78. The number of aliphatic hydroxyl groups excluding tert-OH is 2. The molecule has 18 heteroatoms. The first-order chi connectivity index (χ1) is 43.2. The fourth-order valence-corrected chi connectivity index (χ4v) is 10.3. The monoisotopic (exact) mass is 1290 g/mol. The molecule has 0 amide bonds. The van der Waals surface area contributed by atoms with Crippen molar-refractivity contribution < 1.29 is 75.8 Å². The van der Waals surface area contributed by atoms with Crippen LogP contribution in [0.4, 0.5) is 0 Å². The van der Waals surface area contributed by atoms with Crippen LogP contribution in [0.2, 0.25) is 0 Å². The van der Waals surface area contributed by atoms with Crippen LogP contribution in [-0.2, 0) is 55.8 Å². The van der Waals surface area contributed by atoms with Gasteiger partial charge in [-0.3, -0.25) is 32.5 Å². The molecular weight excluding hydrogens is 1170 g/mol. The number of hydrogen-bond donors (Lipinski definition) is 4. The third-order valence-electron chi connectivity index (χ3n) is 14.0. The molecule has 0 radical (unpaired) electrons. The van der Waals surface area contributed by atoms with Crippen LogP contribution >= 0.6 is 15.6 Å². The van der Waals surface area contributed by atoms with E-state index in [0.29, 0.717) is 19.3 Å². The summed E-state index contributed by atoms with van der Waals surface area (Å²) in [4.78, 5) is 58.3. The van der Waals surface area contributed by atoms with Crippen LogP contribution < -0.4 is 0 Å². The molecule has 89 heavy (non-hydrogen) atoms. The second-order valence-electron chi connectivity index (χ2n) is 22.6. The average Bonchev–Trinajstić information content (AvgIpc) is 3.54. The normalized spacial score (nSPS) is 14.9. The van der Waals surface area contributed by atoms with Gasteiger partial charge in [-0.05, 0) is 122 Å². The van der Waals surface area contributed by atoms with Crippen LogP contribution in [-0.4, -0.2) is 95.9 Å². The molecule has 0 spiro atoms. The lowest BCUT2D eigenvalue weighted by Crippen LogP contribution is -2.30. The molecule has 0 fully saturated rings. The van der Waals surface area contributed by atoms with E-state index >= 15 is 0 Å². The number of esters is 3. The van der Waals surface area contributed by atoms with Crippen molar-refractivity contribution in [3.63, 3.8) is 0 Å². The molecule has 0 aromatic heterocycles. The minimum absolute atomic E-state index is 0.0895. The Kier molecular flexibility index (Phi) is 61.6. The third-order valence-corrected chi connectivity index (χ3v) is 15.9. The molecule has 16 nitrogen and oxygen atoms in total. The molecule has 0 heterocycles. The van der Waals surface area contributed by atoms with Gasteiger partial charge in [0.1, 0.15) is 25.4 Å². The van der Waals surface area contributed by atoms with Gasteiger partial charge in [-0.1, -0.05) is 233 Å². The molecule has 0 saturated heterocycles. The minimum atomic E-state index is -4.93. The van der Waals surface area contributed by atoms with E-state index in [9.17, 15) is 43.5 Å². The van der Waals surface area contributed by atoms with Gasteiger partial charge in [0.05, 0.1) is 26.4 Å². The maximum Gasteiger partial charge on any atom is 0.472 e. The van der Waals surface area contributed by atoms with Gasteiger partial charge in [0, 0.05) is 19.3 Å². The van der Waals surface area contributed by atoms with Gasteiger partial charge in [0.25, 0.3) is 0 Å². The van der Waals surface area contributed by atoms with Gasteiger partial charge in [-0.2, -0.15) is 0 Å². The number of phosphoric ester groups is 2. The predicted octanol–water partition coefficient (Wildman–Crippen LogP) is 18.9. The van der Waals surface area contributed by atoms with Crippen molar-refractivity contribution in [1.29, 1.82) is 0 Å². The number of aliphatic hydroxyl groups is 2. The first kappa shape index (κ1) is 85.2. The number of phosphoric acid groups is 2. The Morgan fingerprint density at radius 1 is 0.326 bits per heavy atom. The summed E-state index contributed by atoms with van der Waals surface area (Å²) >= 11 is 0. The van der Waals surface area contributed by atoms with E-state index in [-0.39, 0.29) is 19.3 Å². The minimum Gasteiger partial charge on any atom is -0.463 e. The average molecular weight is 1290 g/mol. The molecule has 0 aliphatic carbocycles. The number of carbonyl (C=O) groups is 3. The smallest absolute Gasteiger partial charge is 0.463 e. The summed E-state index contributed by atoms with van der Waals surface area (Å²) in [6.07, 6.45) is 71.5. The highest BCUT2D eigenvalue weighted by molar-refractivity contribution is 7.47. The Hall–Kier alpha value is -3.79. The molecule has 512 valence electrons. The molecule has 0 bridgehead atoms. The zero-order valence-electron chi connectivity index (χ0n) is 55.3. The van der Waals surface area contributed by atoms with E-state index in [1.165, 1.54) is 32.1 Å². The fraction of sp³-hybridized carbons (Fsp3) is 0.704. The Morgan fingerprint density at radius 3 is 0.989 bits per heavy atom. The van der Waals surface area contributed by atoms with Gasteiger partial charge in [0.15, 0.2) is 6.10 Å². The number of allylic oxidation sites excluding steroid dienone is 18. The first-order valence-electron chi connectivity index (χ1n) is 34.2. The van der Waals surface area contributed by atoms with E-state index in [4.69, 9.17) is 32.3 Å². The van der Waals surface area contributed by atoms with Crippen LogP contribution in [0.3, 0.4) is 0 Å². The summed E-state index contributed by atoms with van der Waals surface area (Å²) in [6, 6.07) is 0. The number of unbranched alkanes of at least 4 members (excludes halogenated alkanes) is 23. The van der Waals surface area contributed by atoms with Crippen molar-refractivity contribution in [2.24, 2.45) is 0 Å². The van der Waals surface area contributed by atoms with Crippen molar-refractivity contribution in [2.75, 3.05) is 39.6 Å².